The molecule has 5 rings (SSSR count). The van der Waals surface area contributed by atoms with Crippen LogP contribution in [0, 0.1) is 5.41 Å². The number of methoxy groups -OCH3 is 1. The number of halogens is 1. The van der Waals surface area contributed by atoms with Crippen molar-refractivity contribution in [3.05, 3.63) is 47.0 Å². The normalized spacial score (nSPS) is 21.5. The summed E-state index contributed by atoms with van der Waals surface area (Å²) in [6, 6.07) is 9.58. The number of amidine groups is 1. The van der Waals surface area contributed by atoms with E-state index in [4.69, 9.17) is 21.1 Å². The zero-order valence-electron chi connectivity index (χ0n) is 20.0. The Morgan fingerprint density at radius 1 is 1.20 bits per heavy atom. The molecule has 3 aliphatic heterocycles. The van der Waals surface area contributed by atoms with Crippen LogP contribution in [0.2, 0.25) is 5.02 Å². The largest absolute Gasteiger partial charge is 0.497 e. The number of nitrogens with zero attached hydrogens (tertiary/aromatic N) is 3. The van der Waals surface area contributed by atoms with Gasteiger partial charge in [-0.15, -0.1) is 0 Å². The third-order valence-corrected chi connectivity index (χ3v) is 8.95. The molecule has 0 bridgehead atoms. The molecule has 0 saturated carbocycles. The van der Waals surface area contributed by atoms with Crippen LogP contribution in [0.1, 0.15) is 37.0 Å². The number of carbonyl (C=O) groups excluding carboxylic acids is 1. The molecule has 10 heteroatoms. The van der Waals surface area contributed by atoms with Crippen molar-refractivity contribution in [2.75, 3.05) is 38.3 Å². The standard InChI is InChI=1S/C25H28ClN3O5S/c1-25(2)14-27-24-23(30)19-12-18(7-8-21(19)28(24)15-25)35(31,32)29-10-4-5-16(29)13-34-22-9-6-17(33-3)11-20(22)26/h6-9,11-12,16H,4-5,10,13-15H2,1-3H3/t16-/m0/s1. The summed E-state index contributed by atoms with van der Waals surface area (Å²) in [6.45, 7) is 6.00. The van der Waals surface area contributed by atoms with Crippen molar-refractivity contribution in [1.29, 1.82) is 0 Å². The number of hydrogen-bond acceptors (Lipinski definition) is 7. The molecule has 3 heterocycles. The molecule has 2 aromatic rings. The van der Waals surface area contributed by atoms with Crippen LogP contribution >= 0.6 is 11.6 Å². The van der Waals surface area contributed by atoms with E-state index in [1.54, 1.807) is 37.4 Å². The maximum absolute atomic E-state index is 13.6. The Balaban J connectivity index is 1.37. The third kappa shape index (κ3) is 4.30. The van der Waals surface area contributed by atoms with Crippen LogP contribution < -0.4 is 14.4 Å². The second-order valence-electron chi connectivity index (χ2n) is 9.92. The molecule has 1 fully saturated rings. The summed E-state index contributed by atoms with van der Waals surface area (Å²) in [4.78, 5) is 19.5. The summed E-state index contributed by atoms with van der Waals surface area (Å²) in [7, 11) is -2.27. The first kappa shape index (κ1) is 24.1. The minimum Gasteiger partial charge on any atom is -0.497 e. The monoisotopic (exact) mass is 517 g/mol. The molecular weight excluding hydrogens is 490 g/mol. The Kier molecular flexibility index (Phi) is 6.05. The molecule has 186 valence electrons. The lowest BCUT2D eigenvalue weighted by molar-refractivity contribution is 0.106. The number of carbonyl (C=O) groups is 1. The molecule has 8 nitrogen and oxygen atoms in total. The topological polar surface area (TPSA) is 88.5 Å². The molecule has 0 radical (unpaired) electrons. The van der Waals surface area contributed by atoms with E-state index < -0.39 is 10.0 Å². The third-order valence-electron chi connectivity index (χ3n) is 6.71. The van der Waals surface area contributed by atoms with E-state index in [2.05, 4.69) is 18.8 Å². The van der Waals surface area contributed by atoms with Crippen molar-refractivity contribution >= 4 is 38.9 Å². The second-order valence-corrected chi connectivity index (χ2v) is 12.2. The van der Waals surface area contributed by atoms with E-state index in [-0.39, 0.29) is 28.7 Å². The molecular formula is C25H28ClN3O5S. The highest BCUT2D eigenvalue weighted by molar-refractivity contribution is 7.89. The Morgan fingerprint density at radius 3 is 2.74 bits per heavy atom. The van der Waals surface area contributed by atoms with E-state index in [0.29, 0.717) is 54.0 Å². The number of aliphatic imine (C=N–C) groups is 1. The fourth-order valence-corrected chi connectivity index (χ4v) is 6.80. The zero-order chi connectivity index (χ0) is 25.0. The number of hydrogen-bond donors (Lipinski definition) is 0. The van der Waals surface area contributed by atoms with Crippen molar-refractivity contribution in [3.63, 3.8) is 0 Å². The predicted octanol–water partition coefficient (Wildman–Crippen LogP) is 4.02. The number of fused-ring (bicyclic) bond motifs is 3. The highest BCUT2D eigenvalue weighted by Gasteiger charge is 2.42. The van der Waals surface area contributed by atoms with Gasteiger partial charge in [-0.25, -0.2) is 8.42 Å². The lowest BCUT2D eigenvalue weighted by Crippen LogP contribution is -2.44. The van der Waals surface area contributed by atoms with Crippen LogP contribution in [0.3, 0.4) is 0 Å². The molecule has 1 atom stereocenters. The molecule has 0 N–H and O–H groups in total. The smallest absolute Gasteiger partial charge is 0.243 e. The SMILES string of the molecule is COc1ccc(OC[C@@H]2CCCN2S(=O)(=O)c2ccc3c(c2)C(=O)C2=NCC(C)(C)CN23)c(Cl)c1. The lowest BCUT2D eigenvalue weighted by Gasteiger charge is -2.34. The van der Waals surface area contributed by atoms with Gasteiger partial charge in [-0.2, -0.15) is 4.31 Å². The van der Waals surface area contributed by atoms with Crippen molar-refractivity contribution in [2.24, 2.45) is 10.4 Å². The van der Waals surface area contributed by atoms with E-state index in [9.17, 15) is 13.2 Å². The van der Waals surface area contributed by atoms with Gasteiger partial charge in [-0.3, -0.25) is 9.79 Å². The first-order valence-electron chi connectivity index (χ1n) is 11.6. The summed E-state index contributed by atoms with van der Waals surface area (Å²) in [5, 5.41) is 0.399. The number of ketones is 1. The summed E-state index contributed by atoms with van der Waals surface area (Å²) in [5.41, 5.74) is 1.04. The van der Waals surface area contributed by atoms with Crippen molar-refractivity contribution in [2.45, 2.75) is 37.6 Å². The average Bonchev–Trinajstić information content (AvgIpc) is 3.40. The van der Waals surface area contributed by atoms with Gasteiger partial charge in [0, 0.05) is 31.1 Å². The minimum absolute atomic E-state index is 0.0638. The highest BCUT2D eigenvalue weighted by Crippen LogP contribution is 2.38. The van der Waals surface area contributed by atoms with Gasteiger partial charge >= 0.3 is 0 Å². The number of Topliss-reactive ketones (excluding diaryl/α,β-unsaturated/α-hetero) is 1. The van der Waals surface area contributed by atoms with E-state index in [0.717, 1.165) is 12.1 Å². The molecule has 3 aliphatic rings. The number of anilines is 1. The molecule has 0 aromatic heterocycles. The van der Waals surface area contributed by atoms with E-state index in [1.807, 2.05) is 4.90 Å². The van der Waals surface area contributed by atoms with Crippen molar-refractivity contribution in [1.82, 2.24) is 4.31 Å². The average molecular weight is 518 g/mol. The number of sulfonamides is 1. The molecule has 2 aromatic carbocycles. The maximum atomic E-state index is 13.6. The van der Waals surface area contributed by atoms with Crippen molar-refractivity contribution < 1.29 is 22.7 Å². The quantitative estimate of drug-likeness (QED) is 0.575. The molecule has 0 aliphatic carbocycles. The molecule has 0 unspecified atom stereocenters. The van der Waals surface area contributed by atoms with Gasteiger partial charge in [-0.05, 0) is 43.2 Å². The van der Waals surface area contributed by atoms with Crippen LogP contribution in [-0.4, -0.2) is 63.7 Å². The lowest BCUT2D eigenvalue weighted by atomic mass is 9.91. The van der Waals surface area contributed by atoms with Crippen LogP contribution in [0.15, 0.2) is 46.3 Å². The first-order chi connectivity index (χ1) is 16.6. The Bertz CT molecular complexity index is 1320. The van der Waals surface area contributed by atoms with Crippen LogP contribution in [0.5, 0.6) is 11.5 Å². The van der Waals surface area contributed by atoms with E-state index >= 15 is 0 Å². The summed E-state index contributed by atoms with van der Waals surface area (Å²) >= 11 is 6.27. The molecule has 0 spiro atoms. The van der Waals surface area contributed by atoms with E-state index in [1.165, 1.54) is 10.4 Å². The highest BCUT2D eigenvalue weighted by atomic mass is 35.5. The fraction of sp³-hybridized carbons (Fsp3) is 0.440. The van der Waals surface area contributed by atoms with Gasteiger partial charge in [0.25, 0.3) is 0 Å². The van der Waals surface area contributed by atoms with Gasteiger partial charge < -0.3 is 14.4 Å². The molecule has 35 heavy (non-hydrogen) atoms. The first-order valence-corrected chi connectivity index (χ1v) is 13.4. The van der Waals surface area contributed by atoms with Gasteiger partial charge in [0.1, 0.15) is 18.1 Å². The Morgan fingerprint density at radius 2 is 2.00 bits per heavy atom. The molecule has 1 saturated heterocycles. The number of benzene rings is 2. The summed E-state index contributed by atoms with van der Waals surface area (Å²) < 4.78 is 39.7. The number of ether oxygens (including phenoxy) is 2. The van der Waals surface area contributed by atoms with Crippen LogP contribution in [0.4, 0.5) is 5.69 Å². The van der Waals surface area contributed by atoms with Crippen molar-refractivity contribution in [3.8, 4) is 11.5 Å². The second kappa shape index (κ2) is 8.80. The zero-order valence-corrected chi connectivity index (χ0v) is 21.5. The summed E-state index contributed by atoms with van der Waals surface area (Å²) in [6.07, 6.45) is 1.41. The van der Waals surface area contributed by atoms with Crippen LogP contribution in [-0.2, 0) is 10.0 Å². The van der Waals surface area contributed by atoms with Gasteiger partial charge in [0.05, 0.1) is 34.3 Å². The predicted molar refractivity (Wildman–Crippen MR) is 135 cm³/mol. The Hall–Kier alpha value is -2.62. The Labute approximate surface area is 210 Å². The maximum Gasteiger partial charge on any atom is 0.243 e. The van der Waals surface area contributed by atoms with Gasteiger partial charge in [0.2, 0.25) is 15.8 Å². The van der Waals surface area contributed by atoms with Gasteiger partial charge in [-0.1, -0.05) is 25.4 Å². The van der Waals surface area contributed by atoms with Gasteiger partial charge in [0.15, 0.2) is 5.84 Å². The number of rotatable bonds is 6. The van der Waals surface area contributed by atoms with Crippen LogP contribution in [0.25, 0.3) is 0 Å². The molecule has 0 amide bonds. The minimum atomic E-state index is -3.82. The summed E-state index contributed by atoms with van der Waals surface area (Å²) in [5.74, 6) is 1.27. The fourth-order valence-electron chi connectivity index (χ4n) is 4.87.